The van der Waals surface area contributed by atoms with Crippen molar-refractivity contribution in [3.63, 3.8) is 0 Å². The maximum absolute atomic E-state index is 8.83. The van der Waals surface area contributed by atoms with Gasteiger partial charge in [-0.15, -0.1) is 11.3 Å². The van der Waals surface area contributed by atoms with Crippen LogP contribution in [0.1, 0.15) is 11.1 Å². The number of aryl methyl sites for hydroxylation is 1. The molecule has 2 heteroatoms. The molecule has 0 bridgehead atoms. The van der Waals surface area contributed by atoms with Crippen LogP contribution in [0.3, 0.4) is 0 Å². The first-order chi connectivity index (χ1) is 5.83. The van der Waals surface area contributed by atoms with Gasteiger partial charge in [0.25, 0.3) is 0 Å². The van der Waals surface area contributed by atoms with Crippen molar-refractivity contribution in [1.29, 1.82) is 5.26 Å². The highest BCUT2D eigenvalue weighted by molar-refractivity contribution is 7.17. The van der Waals surface area contributed by atoms with Crippen molar-refractivity contribution in [3.05, 3.63) is 34.7 Å². The normalized spacial score (nSPS) is 10.0. The van der Waals surface area contributed by atoms with Gasteiger partial charge in [0.1, 0.15) is 0 Å². The summed E-state index contributed by atoms with van der Waals surface area (Å²) in [7, 11) is 0. The van der Waals surface area contributed by atoms with Crippen LogP contribution in [-0.2, 0) is 0 Å². The zero-order valence-electron chi connectivity index (χ0n) is 6.66. The Balaban J connectivity index is 2.96. The molecule has 58 valence electrons. The lowest BCUT2D eigenvalue weighted by Gasteiger charge is -1.93. The first-order valence-electron chi connectivity index (χ1n) is 3.70. The molecule has 0 saturated heterocycles. The minimum atomic E-state index is 0.784. The number of benzene rings is 1. The van der Waals surface area contributed by atoms with Crippen LogP contribution in [0.2, 0.25) is 0 Å². The lowest BCUT2D eigenvalue weighted by atomic mass is 10.1. The van der Waals surface area contributed by atoms with Gasteiger partial charge in [-0.05, 0) is 30.0 Å². The molecule has 1 nitrogen and oxygen atoms in total. The van der Waals surface area contributed by atoms with Crippen molar-refractivity contribution >= 4 is 21.4 Å². The van der Waals surface area contributed by atoms with Crippen molar-refractivity contribution in [2.45, 2.75) is 6.92 Å². The highest BCUT2D eigenvalue weighted by atomic mass is 32.1. The Kier molecular flexibility index (Phi) is 1.60. The molecule has 0 amide bonds. The van der Waals surface area contributed by atoms with Crippen LogP contribution >= 0.6 is 11.3 Å². The molecule has 0 fully saturated rings. The van der Waals surface area contributed by atoms with Crippen LogP contribution in [0.15, 0.2) is 23.6 Å². The molecule has 0 unspecified atom stereocenters. The Hall–Kier alpha value is -1.33. The second kappa shape index (κ2) is 2.62. The molecule has 0 spiro atoms. The van der Waals surface area contributed by atoms with E-state index in [2.05, 4.69) is 11.4 Å². The van der Waals surface area contributed by atoms with E-state index in [1.807, 2.05) is 25.1 Å². The molecule has 1 aromatic heterocycles. The van der Waals surface area contributed by atoms with Gasteiger partial charge in [0.15, 0.2) is 0 Å². The number of rotatable bonds is 0. The predicted molar refractivity (Wildman–Crippen MR) is 51.3 cm³/mol. The molecule has 0 aliphatic rings. The summed E-state index contributed by atoms with van der Waals surface area (Å²) in [5.41, 5.74) is 1.98. The van der Waals surface area contributed by atoms with Crippen LogP contribution in [0.5, 0.6) is 0 Å². The van der Waals surface area contributed by atoms with Gasteiger partial charge >= 0.3 is 0 Å². The van der Waals surface area contributed by atoms with E-state index in [9.17, 15) is 0 Å². The number of hydrogen-bond acceptors (Lipinski definition) is 2. The van der Waals surface area contributed by atoms with E-state index in [4.69, 9.17) is 5.26 Å². The average molecular weight is 173 g/mol. The second-order valence-electron chi connectivity index (χ2n) is 2.71. The van der Waals surface area contributed by atoms with Gasteiger partial charge in [0.2, 0.25) is 0 Å². The van der Waals surface area contributed by atoms with Gasteiger partial charge in [-0.3, -0.25) is 0 Å². The first-order valence-corrected chi connectivity index (χ1v) is 4.58. The fourth-order valence-electron chi connectivity index (χ4n) is 1.34. The Morgan fingerprint density at radius 1 is 1.42 bits per heavy atom. The summed E-state index contributed by atoms with van der Waals surface area (Å²) in [4.78, 5) is 0. The fraction of sp³-hybridized carbons (Fsp3) is 0.100. The number of fused-ring (bicyclic) bond motifs is 1. The smallest absolute Gasteiger partial charge is 0.0998 e. The molecule has 0 saturated carbocycles. The third kappa shape index (κ3) is 0.910. The lowest BCUT2D eigenvalue weighted by molar-refractivity contribution is 1.49. The highest BCUT2D eigenvalue weighted by Crippen LogP contribution is 2.27. The van der Waals surface area contributed by atoms with E-state index in [-0.39, 0.29) is 0 Å². The predicted octanol–water partition coefficient (Wildman–Crippen LogP) is 3.08. The molecule has 1 aromatic carbocycles. The van der Waals surface area contributed by atoms with Crippen LogP contribution in [-0.4, -0.2) is 0 Å². The van der Waals surface area contributed by atoms with Crippen molar-refractivity contribution in [2.75, 3.05) is 0 Å². The summed E-state index contributed by atoms with van der Waals surface area (Å²) in [6.07, 6.45) is 0. The van der Waals surface area contributed by atoms with Gasteiger partial charge in [0, 0.05) is 10.1 Å². The Bertz CT molecular complexity index is 462. The monoisotopic (exact) mass is 173 g/mol. The Morgan fingerprint density at radius 2 is 2.25 bits per heavy atom. The molecule has 0 aliphatic heterocycles. The molecule has 2 rings (SSSR count). The molecule has 1 heterocycles. The van der Waals surface area contributed by atoms with E-state index in [0.717, 1.165) is 10.9 Å². The van der Waals surface area contributed by atoms with Crippen molar-refractivity contribution in [3.8, 4) is 6.07 Å². The topological polar surface area (TPSA) is 23.8 Å². The Labute approximate surface area is 74.9 Å². The Morgan fingerprint density at radius 3 is 3.00 bits per heavy atom. The van der Waals surface area contributed by atoms with Gasteiger partial charge in [-0.25, -0.2) is 0 Å². The SMILES string of the molecule is Cc1csc2cccc(C#N)c12. The lowest BCUT2D eigenvalue weighted by Crippen LogP contribution is -1.75. The van der Waals surface area contributed by atoms with E-state index in [1.165, 1.54) is 10.3 Å². The number of hydrogen-bond donors (Lipinski definition) is 0. The summed E-state index contributed by atoms with van der Waals surface area (Å²) in [5.74, 6) is 0. The average Bonchev–Trinajstić information content (AvgIpc) is 2.48. The van der Waals surface area contributed by atoms with Crippen molar-refractivity contribution < 1.29 is 0 Å². The van der Waals surface area contributed by atoms with Gasteiger partial charge in [-0.1, -0.05) is 6.07 Å². The standard InChI is InChI=1S/C10H7NS/c1-7-6-12-9-4-2-3-8(5-11)10(7)9/h2-4,6H,1H3. The summed E-state index contributed by atoms with van der Waals surface area (Å²) in [6, 6.07) is 8.04. The number of nitriles is 1. The van der Waals surface area contributed by atoms with E-state index in [1.54, 1.807) is 11.3 Å². The molecule has 12 heavy (non-hydrogen) atoms. The maximum Gasteiger partial charge on any atom is 0.0998 e. The van der Waals surface area contributed by atoms with E-state index >= 15 is 0 Å². The zero-order valence-corrected chi connectivity index (χ0v) is 7.48. The highest BCUT2D eigenvalue weighted by Gasteiger charge is 2.03. The van der Waals surface area contributed by atoms with Crippen LogP contribution in [0, 0.1) is 18.3 Å². The molecular formula is C10H7NS. The molecular weight excluding hydrogens is 166 g/mol. The molecule has 0 radical (unpaired) electrons. The van der Waals surface area contributed by atoms with Crippen LogP contribution < -0.4 is 0 Å². The van der Waals surface area contributed by atoms with E-state index in [0.29, 0.717) is 0 Å². The van der Waals surface area contributed by atoms with Gasteiger partial charge in [-0.2, -0.15) is 5.26 Å². The van der Waals surface area contributed by atoms with Crippen molar-refractivity contribution in [1.82, 2.24) is 0 Å². The number of thiophene rings is 1. The van der Waals surface area contributed by atoms with Gasteiger partial charge < -0.3 is 0 Å². The fourth-order valence-corrected chi connectivity index (χ4v) is 2.31. The minimum absolute atomic E-state index is 0.784. The van der Waals surface area contributed by atoms with Gasteiger partial charge in [0.05, 0.1) is 11.6 Å². The largest absolute Gasteiger partial charge is 0.192 e. The number of nitrogens with zero attached hydrogens (tertiary/aromatic N) is 1. The summed E-state index contributed by atoms with van der Waals surface area (Å²) >= 11 is 1.69. The molecule has 0 aliphatic carbocycles. The van der Waals surface area contributed by atoms with Crippen LogP contribution in [0.25, 0.3) is 10.1 Å². The molecule has 0 N–H and O–H groups in total. The summed E-state index contributed by atoms with van der Waals surface area (Å²) < 4.78 is 1.20. The maximum atomic E-state index is 8.83. The minimum Gasteiger partial charge on any atom is -0.192 e. The van der Waals surface area contributed by atoms with Crippen molar-refractivity contribution in [2.24, 2.45) is 0 Å². The zero-order chi connectivity index (χ0) is 8.55. The molecule has 2 aromatic rings. The second-order valence-corrected chi connectivity index (χ2v) is 3.62. The first kappa shape index (κ1) is 7.33. The van der Waals surface area contributed by atoms with E-state index < -0.39 is 0 Å². The third-order valence-corrected chi connectivity index (χ3v) is 2.97. The quantitative estimate of drug-likeness (QED) is 0.600. The third-order valence-electron chi connectivity index (χ3n) is 1.90. The summed E-state index contributed by atoms with van der Waals surface area (Å²) in [6.45, 7) is 2.04. The van der Waals surface area contributed by atoms with Crippen LogP contribution in [0.4, 0.5) is 0 Å². The molecule has 0 atom stereocenters. The summed E-state index contributed by atoms with van der Waals surface area (Å²) in [5, 5.41) is 12.0.